The maximum atomic E-state index is 11.5. The molecule has 0 aliphatic carbocycles. The zero-order valence-electron chi connectivity index (χ0n) is 9.23. The lowest BCUT2D eigenvalue weighted by atomic mass is 10.1. The summed E-state index contributed by atoms with van der Waals surface area (Å²) in [5.74, 6) is 0.744. The van der Waals surface area contributed by atoms with Gasteiger partial charge >= 0.3 is 0 Å². The summed E-state index contributed by atoms with van der Waals surface area (Å²) in [6.45, 7) is 3.15. The van der Waals surface area contributed by atoms with Crippen molar-refractivity contribution >= 4 is 10.8 Å². The summed E-state index contributed by atoms with van der Waals surface area (Å²) < 4.78 is 18.3. The highest BCUT2D eigenvalue weighted by atomic mass is 32.2. The highest BCUT2D eigenvalue weighted by Gasteiger charge is 2.45. The van der Waals surface area contributed by atoms with Gasteiger partial charge in [-0.05, 0) is 6.92 Å². The molecule has 0 saturated carbocycles. The summed E-state index contributed by atoms with van der Waals surface area (Å²) in [4.78, 5) is 0. The molecule has 14 heavy (non-hydrogen) atoms. The van der Waals surface area contributed by atoms with Crippen LogP contribution in [0, 0.1) is 0 Å². The van der Waals surface area contributed by atoms with Gasteiger partial charge in [-0.25, -0.2) is 0 Å². The van der Waals surface area contributed by atoms with Gasteiger partial charge < -0.3 is 9.22 Å². The van der Waals surface area contributed by atoms with Crippen LogP contribution in [0.4, 0.5) is 0 Å². The second kappa shape index (κ2) is 3.58. The Bertz CT molecular complexity index is 255. The van der Waals surface area contributed by atoms with Crippen LogP contribution >= 0.6 is 0 Å². The van der Waals surface area contributed by atoms with E-state index in [1.165, 1.54) is 19.4 Å². The normalized spacial score (nSPS) is 47.1. The molecule has 2 saturated heterocycles. The number of ether oxygens (including phenoxy) is 1. The van der Waals surface area contributed by atoms with Crippen molar-refractivity contribution in [2.45, 2.75) is 37.3 Å². The van der Waals surface area contributed by atoms with Crippen LogP contribution in [0.25, 0.3) is 0 Å². The largest absolute Gasteiger partial charge is 0.355 e. The summed E-state index contributed by atoms with van der Waals surface area (Å²) in [5.41, 5.74) is -0.0550. The van der Waals surface area contributed by atoms with Crippen molar-refractivity contribution < 1.29 is 13.4 Å². The molecule has 0 aromatic rings. The van der Waals surface area contributed by atoms with Gasteiger partial charge in [0.2, 0.25) is 0 Å². The minimum absolute atomic E-state index is 0.0550. The van der Waals surface area contributed by atoms with E-state index in [0.717, 1.165) is 10.2 Å². The number of hydrogen-bond donors (Lipinski definition) is 0. The average Bonchev–Trinajstić information content (AvgIpc) is 2.56. The maximum absolute atomic E-state index is 11.5. The van der Waals surface area contributed by atoms with Crippen molar-refractivity contribution in [3.63, 3.8) is 0 Å². The predicted molar refractivity (Wildman–Crippen MR) is 57.3 cm³/mol. The molecule has 0 aromatic carbocycles. The van der Waals surface area contributed by atoms with Crippen LogP contribution < -0.4 is 0 Å². The number of likely N-dealkylation sites (N-methyl/N-ethyl adjacent to an activating group) is 1. The van der Waals surface area contributed by atoms with Crippen LogP contribution in [0.3, 0.4) is 0 Å². The molecule has 0 bridgehead atoms. The molecule has 2 rings (SSSR count). The van der Waals surface area contributed by atoms with Crippen LogP contribution in [-0.4, -0.2) is 52.7 Å². The van der Waals surface area contributed by atoms with Crippen LogP contribution in [-0.2, 0) is 15.5 Å². The number of hydrogen-bond acceptors (Lipinski definition) is 2. The topological polar surface area (TPSA) is 26.3 Å². The van der Waals surface area contributed by atoms with E-state index in [0.29, 0.717) is 6.04 Å². The highest BCUT2D eigenvalue weighted by molar-refractivity contribution is 7.85. The quantitative estimate of drug-likeness (QED) is 0.606. The van der Waals surface area contributed by atoms with Crippen molar-refractivity contribution in [1.82, 2.24) is 0 Å². The highest BCUT2D eigenvalue weighted by Crippen LogP contribution is 2.30. The lowest BCUT2D eigenvalue weighted by molar-refractivity contribution is -0.905. The van der Waals surface area contributed by atoms with E-state index in [2.05, 4.69) is 14.1 Å². The fourth-order valence-corrected chi connectivity index (χ4v) is 3.87. The summed E-state index contributed by atoms with van der Waals surface area (Å²) in [7, 11) is 3.75. The second-order valence-electron chi connectivity index (χ2n) is 5.00. The van der Waals surface area contributed by atoms with Gasteiger partial charge in [-0.15, -0.1) is 0 Å². The minimum atomic E-state index is -0.759. The first-order chi connectivity index (χ1) is 6.50. The molecule has 2 aliphatic rings. The molecule has 0 unspecified atom stereocenters. The number of likely N-dealkylation sites (tertiary alicyclic amines) is 1. The number of rotatable bonds is 1. The molecule has 0 amide bonds. The molecule has 2 aliphatic heterocycles. The van der Waals surface area contributed by atoms with E-state index >= 15 is 0 Å². The van der Waals surface area contributed by atoms with Crippen LogP contribution in [0.15, 0.2) is 0 Å². The first-order valence-electron chi connectivity index (χ1n) is 5.36. The van der Waals surface area contributed by atoms with E-state index < -0.39 is 10.8 Å². The van der Waals surface area contributed by atoms with Crippen LogP contribution in [0.1, 0.15) is 19.8 Å². The van der Waals surface area contributed by atoms with Crippen LogP contribution in [0.5, 0.6) is 0 Å². The van der Waals surface area contributed by atoms with Gasteiger partial charge in [0, 0.05) is 12.8 Å². The Hall–Kier alpha value is 0.0700. The van der Waals surface area contributed by atoms with E-state index in [1.807, 2.05) is 6.92 Å². The summed E-state index contributed by atoms with van der Waals surface area (Å²) in [6, 6.07) is 0.559. The Morgan fingerprint density at radius 2 is 2.14 bits per heavy atom. The van der Waals surface area contributed by atoms with Crippen molar-refractivity contribution in [3.8, 4) is 0 Å². The molecule has 0 spiro atoms. The molecule has 0 radical (unpaired) electrons. The zero-order valence-corrected chi connectivity index (χ0v) is 10.0. The van der Waals surface area contributed by atoms with Crippen molar-refractivity contribution in [2.24, 2.45) is 0 Å². The maximum Gasteiger partial charge on any atom is 0.130 e. The first kappa shape index (κ1) is 10.6. The minimum Gasteiger partial charge on any atom is -0.355 e. The Morgan fingerprint density at radius 3 is 2.57 bits per heavy atom. The molecule has 3 nitrogen and oxygen atoms in total. The first-order valence-corrected chi connectivity index (χ1v) is 6.74. The summed E-state index contributed by atoms with van der Waals surface area (Å²) in [5, 5.41) is 0. The predicted octanol–water partition coefficient (Wildman–Crippen LogP) is 0.719. The molecule has 82 valence electrons. The van der Waals surface area contributed by atoms with E-state index in [1.54, 1.807) is 0 Å². The van der Waals surface area contributed by atoms with Gasteiger partial charge in [0.1, 0.15) is 17.6 Å². The Kier molecular flexibility index (Phi) is 2.70. The molecule has 4 heteroatoms. The second-order valence-corrected chi connectivity index (χ2v) is 6.76. The fraction of sp³-hybridized carbons (Fsp3) is 1.00. The Morgan fingerprint density at radius 1 is 1.43 bits per heavy atom. The van der Waals surface area contributed by atoms with Gasteiger partial charge in [-0.1, -0.05) is 0 Å². The lowest BCUT2D eigenvalue weighted by Crippen LogP contribution is -2.50. The summed E-state index contributed by atoms with van der Waals surface area (Å²) >= 11 is 0. The van der Waals surface area contributed by atoms with E-state index in [-0.39, 0.29) is 11.5 Å². The van der Waals surface area contributed by atoms with Gasteiger partial charge in [-0.3, -0.25) is 4.21 Å². The van der Waals surface area contributed by atoms with Gasteiger partial charge in [0.05, 0.1) is 37.2 Å². The molecule has 4 atom stereocenters. The van der Waals surface area contributed by atoms with Gasteiger partial charge in [-0.2, -0.15) is 0 Å². The standard InChI is InChI=1S/C10H20NO2S/c1-8-13-10(7-14(8)12)9-5-4-6-11(9,2)3/h8-10H,4-7H2,1-3H3/q+1/t8-,9-,10+,14-/m1/s1. The third-order valence-electron chi connectivity index (χ3n) is 3.63. The van der Waals surface area contributed by atoms with Crippen molar-refractivity contribution in [2.75, 3.05) is 26.4 Å². The van der Waals surface area contributed by atoms with Crippen LogP contribution in [0.2, 0.25) is 0 Å². The molecule has 2 fully saturated rings. The van der Waals surface area contributed by atoms with E-state index in [9.17, 15) is 4.21 Å². The van der Waals surface area contributed by atoms with Crippen molar-refractivity contribution in [1.29, 1.82) is 0 Å². The van der Waals surface area contributed by atoms with Gasteiger partial charge in [0.25, 0.3) is 0 Å². The summed E-state index contributed by atoms with van der Waals surface area (Å²) in [6.07, 6.45) is 2.73. The van der Waals surface area contributed by atoms with E-state index in [4.69, 9.17) is 4.74 Å². The fourth-order valence-electron chi connectivity index (χ4n) is 2.71. The SMILES string of the molecule is C[C@@H]1O[C@H]([C@H]2CCC[N+]2(C)C)C[S@]1=O. The molecular weight excluding hydrogens is 198 g/mol. The third kappa shape index (κ3) is 1.75. The average molecular weight is 218 g/mol. The molecule has 2 heterocycles. The monoisotopic (exact) mass is 218 g/mol. The number of nitrogens with zero attached hydrogens (tertiary/aromatic N) is 1. The molecular formula is C10H20NO2S+. The smallest absolute Gasteiger partial charge is 0.130 e. The Labute approximate surface area is 88.5 Å². The molecule has 0 aromatic heterocycles. The number of quaternary nitrogens is 1. The lowest BCUT2D eigenvalue weighted by Gasteiger charge is -2.34. The van der Waals surface area contributed by atoms with Crippen molar-refractivity contribution in [3.05, 3.63) is 0 Å². The Balaban J connectivity index is 2.06. The zero-order chi connectivity index (χ0) is 10.3. The molecule has 0 N–H and O–H groups in total. The van der Waals surface area contributed by atoms with Gasteiger partial charge in [0.15, 0.2) is 0 Å². The third-order valence-corrected chi connectivity index (χ3v) is 5.14.